The molecule has 0 unspecified atom stereocenters. The average Bonchev–Trinajstić information content (AvgIpc) is 3.32. The molecular formula is C23H31N5O4S2. The van der Waals surface area contributed by atoms with Crippen LogP contribution in [0.15, 0.2) is 29.3 Å². The van der Waals surface area contributed by atoms with Crippen LogP contribution >= 0.6 is 11.8 Å². The Labute approximate surface area is 204 Å². The van der Waals surface area contributed by atoms with Crippen molar-refractivity contribution in [3.8, 4) is 0 Å². The lowest BCUT2D eigenvalue weighted by atomic mass is 9.83. The highest BCUT2D eigenvalue weighted by Crippen LogP contribution is 2.35. The number of amides is 2. The first-order valence-corrected chi connectivity index (χ1v) is 14.6. The van der Waals surface area contributed by atoms with Gasteiger partial charge in [-0.25, -0.2) is 8.42 Å². The summed E-state index contributed by atoms with van der Waals surface area (Å²) in [5, 5.41) is 3.95. The van der Waals surface area contributed by atoms with E-state index in [0.29, 0.717) is 31.5 Å². The lowest BCUT2D eigenvalue weighted by molar-refractivity contribution is -0.134. The normalized spacial score (nSPS) is 28.2. The summed E-state index contributed by atoms with van der Waals surface area (Å²) >= 11 is 1.47. The topological polar surface area (TPSA) is 125 Å². The Morgan fingerprint density at radius 1 is 1.03 bits per heavy atom. The summed E-state index contributed by atoms with van der Waals surface area (Å²) in [5.74, 6) is -0.0230. The Morgan fingerprint density at radius 3 is 2.32 bits per heavy atom. The fourth-order valence-electron chi connectivity index (χ4n) is 5.54. The number of thioether (sulfide) groups is 1. The molecule has 0 bridgehead atoms. The predicted molar refractivity (Wildman–Crippen MR) is 134 cm³/mol. The van der Waals surface area contributed by atoms with Gasteiger partial charge in [-0.15, -0.1) is 0 Å². The maximum Gasteiger partial charge on any atom is 0.253 e. The number of carbonyl (C=O) groups is 2. The van der Waals surface area contributed by atoms with Gasteiger partial charge in [0.1, 0.15) is 5.54 Å². The molecular weight excluding hydrogens is 474 g/mol. The van der Waals surface area contributed by atoms with E-state index in [9.17, 15) is 18.0 Å². The number of hydrogen-bond acceptors (Lipinski definition) is 8. The van der Waals surface area contributed by atoms with E-state index >= 15 is 0 Å². The fraction of sp³-hybridized carbons (Fsp3) is 0.609. The Bertz CT molecular complexity index is 1090. The van der Waals surface area contributed by atoms with Gasteiger partial charge in [-0.1, -0.05) is 18.2 Å². The highest BCUT2D eigenvalue weighted by atomic mass is 32.2. The van der Waals surface area contributed by atoms with E-state index in [2.05, 4.69) is 15.2 Å². The molecule has 4 heterocycles. The molecule has 0 spiro atoms. The van der Waals surface area contributed by atoms with Gasteiger partial charge in [0, 0.05) is 29.6 Å². The van der Waals surface area contributed by atoms with Crippen LogP contribution in [0.2, 0.25) is 0 Å². The van der Waals surface area contributed by atoms with Gasteiger partial charge in [0.25, 0.3) is 5.91 Å². The number of nitrogens with zero attached hydrogens (tertiary/aromatic N) is 3. The van der Waals surface area contributed by atoms with Crippen molar-refractivity contribution in [1.29, 1.82) is 0 Å². The van der Waals surface area contributed by atoms with Crippen molar-refractivity contribution in [3.05, 3.63) is 29.8 Å². The molecule has 5 rings (SSSR count). The van der Waals surface area contributed by atoms with Crippen LogP contribution in [0.4, 0.5) is 5.69 Å². The third-order valence-corrected chi connectivity index (χ3v) is 10.6. The smallest absolute Gasteiger partial charge is 0.253 e. The van der Waals surface area contributed by atoms with Gasteiger partial charge in [-0.05, 0) is 63.0 Å². The predicted octanol–water partition coefficient (Wildman–Crippen LogP) is 1.31. The maximum absolute atomic E-state index is 13.1. The summed E-state index contributed by atoms with van der Waals surface area (Å²) in [7, 11) is -2.97. The van der Waals surface area contributed by atoms with Crippen molar-refractivity contribution in [1.82, 2.24) is 9.80 Å². The number of nitrogens with one attached hydrogen (secondary N) is 1. The van der Waals surface area contributed by atoms with E-state index in [4.69, 9.17) is 5.73 Å². The first kappa shape index (κ1) is 23.6. The van der Waals surface area contributed by atoms with Crippen LogP contribution in [-0.4, -0.2) is 89.7 Å². The second-order valence-electron chi connectivity index (χ2n) is 9.67. The zero-order valence-corrected chi connectivity index (χ0v) is 20.7. The van der Waals surface area contributed by atoms with Crippen molar-refractivity contribution in [2.45, 2.75) is 48.9 Å². The summed E-state index contributed by atoms with van der Waals surface area (Å²) in [6.45, 7) is 2.81. The number of anilines is 1. The van der Waals surface area contributed by atoms with Crippen molar-refractivity contribution in [2.75, 3.05) is 43.0 Å². The van der Waals surface area contributed by atoms with Crippen LogP contribution in [0.25, 0.3) is 0 Å². The molecule has 184 valence electrons. The van der Waals surface area contributed by atoms with E-state index in [1.807, 2.05) is 17.0 Å². The number of primary amides is 1. The van der Waals surface area contributed by atoms with Crippen LogP contribution in [0.1, 0.15) is 42.5 Å². The number of aliphatic imine (C=N–C) groups is 1. The maximum atomic E-state index is 13.1. The van der Waals surface area contributed by atoms with Gasteiger partial charge >= 0.3 is 0 Å². The number of rotatable bonds is 4. The number of fused-ring (bicyclic) bond motifs is 1. The van der Waals surface area contributed by atoms with Gasteiger partial charge in [-0.2, -0.15) is 0 Å². The molecule has 0 aromatic heterocycles. The SMILES string of the molecule is NC(=O)C1(N2CCCCC2)CCN(C(=O)c2ccc(NC3=N[C@H]4CS(=O)(=O)C[C@H]4S3)cc2)CC1. The van der Waals surface area contributed by atoms with Gasteiger partial charge in [-0.3, -0.25) is 19.5 Å². The molecule has 2 amide bonds. The summed E-state index contributed by atoms with van der Waals surface area (Å²) < 4.78 is 23.5. The molecule has 3 N–H and O–H groups in total. The molecule has 11 heteroatoms. The van der Waals surface area contributed by atoms with E-state index in [1.54, 1.807) is 12.1 Å². The van der Waals surface area contributed by atoms with Gasteiger partial charge < -0.3 is 16.0 Å². The number of sulfone groups is 1. The highest BCUT2D eigenvalue weighted by Gasteiger charge is 2.46. The van der Waals surface area contributed by atoms with E-state index in [1.165, 1.54) is 18.2 Å². The standard InChI is InChI=1S/C23H31N5O4S2/c24-21(30)23(28-10-2-1-3-11-28)8-12-27(13-9-23)20(29)16-4-6-17(7-5-16)25-22-26-18-14-34(31,32)15-19(18)33-22/h4-7,18-19H,1-3,8-15H2,(H2,24,30)(H,25,26)/t18-,19+/m0/s1. The van der Waals surface area contributed by atoms with E-state index in [0.717, 1.165) is 36.8 Å². The molecule has 9 nitrogen and oxygen atoms in total. The number of nitrogens with two attached hydrogens (primary N) is 1. The molecule has 34 heavy (non-hydrogen) atoms. The van der Waals surface area contributed by atoms with Crippen LogP contribution < -0.4 is 11.1 Å². The van der Waals surface area contributed by atoms with Crippen LogP contribution in [0.3, 0.4) is 0 Å². The zero-order chi connectivity index (χ0) is 23.9. The fourth-order valence-corrected chi connectivity index (χ4v) is 9.21. The summed E-state index contributed by atoms with van der Waals surface area (Å²) in [6.07, 6.45) is 4.51. The molecule has 3 saturated heterocycles. The summed E-state index contributed by atoms with van der Waals surface area (Å²) in [4.78, 5) is 34.1. The van der Waals surface area contributed by atoms with E-state index < -0.39 is 15.4 Å². The minimum atomic E-state index is -2.97. The van der Waals surface area contributed by atoms with Crippen molar-refractivity contribution < 1.29 is 18.0 Å². The minimum absolute atomic E-state index is 0.00934. The van der Waals surface area contributed by atoms with E-state index in [-0.39, 0.29) is 34.6 Å². The molecule has 4 aliphatic rings. The zero-order valence-electron chi connectivity index (χ0n) is 19.1. The lowest BCUT2D eigenvalue weighted by Gasteiger charge is -2.48. The number of benzene rings is 1. The molecule has 0 radical (unpaired) electrons. The van der Waals surface area contributed by atoms with Gasteiger partial charge in [0.05, 0.1) is 17.5 Å². The first-order valence-electron chi connectivity index (χ1n) is 11.9. The number of likely N-dealkylation sites (tertiary alicyclic amines) is 2. The van der Waals surface area contributed by atoms with Gasteiger partial charge in [0.15, 0.2) is 15.0 Å². The molecule has 0 aliphatic carbocycles. The Hall–Kier alpha value is -2.11. The van der Waals surface area contributed by atoms with Crippen LogP contribution in [0, 0.1) is 0 Å². The quantitative estimate of drug-likeness (QED) is 0.632. The number of hydrogen-bond donors (Lipinski definition) is 2. The van der Waals surface area contributed by atoms with Crippen molar-refractivity contribution >= 4 is 44.3 Å². The third kappa shape index (κ3) is 4.57. The number of amidine groups is 1. The second kappa shape index (κ2) is 9.16. The lowest BCUT2D eigenvalue weighted by Crippen LogP contribution is -2.63. The average molecular weight is 506 g/mol. The summed E-state index contributed by atoms with van der Waals surface area (Å²) in [6, 6.07) is 7.09. The summed E-state index contributed by atoms with van der Waals surface area (Å²) in [5.41, 5.74) is 6.63. The Morgan fingerprint density at radius 2 is 1.71 bits per heavy atom. The molecule has 0 saturated carbocycles. The Kier molecular flexibility index (Phi) is 6.36. The third-order valence-electron chi connectivity index (χ3n) is 7.50. The number of carbonyl (C=O) groups excluding carboxylic acids is 2. The molecule has 1 aromatic carbocycles. The number of piperidine rings is 2. The van der Waals surface area contributed by atoms with Crippen molar-refractivity contribution in [2.24, 2.45) is 10.7 Å². The highest BCUT2D eigenvalue weighted by molar-refractivity contribution is 8.15. The largest absolute Gasteiger partial charge is 0.368 e. The minimum Gasteiger partial charge on any atom is -0.368 e. The second-order valence-corrected chi connectivity index (χ2v) is 13.1. The van der Waals surface area contributed by atoms with Crippen LogP contribution in [0.5, 0.6) is 0 Å². The first-order chi connectivity index (χ1) is 16.3. The molecule has 3 fully saturated rings. The van der Waals surface area contributed by atoms with Gasteiger partial charge in [0.2, 0.25) is 5.91 Å². The molecule has 1 aromatic rings. The Balaban J connectivity index is 1.19. The molecule has 2 atom stereocenters. The van der Waals surface area contributed by atoms with Crippen molar-refractivity contribution in [3.63, 3.8) is 0 Å². The van der Waals surface area contributed by atoms with Crippen LogP contribution in [-0.2, 0) is 14.6 Å². The monoisotopic (exact) mass is 505 g/mol. The molecule has 4 aliphatic heterocycles.